The van der Waals surface area contributed by atoms with Crippen molar-refractivity contribution >= 4 is 52.3 Å². The molecule has 4 aromatic rings. The average Bonchev–Trinajstić information content (AvgIpc) is 3.10. The van der Waals surface area contributed by atoms with Crippen LogP contribution < -0.4 is 43.0 Å². The summed E-state index contributed by atoms with van der Waals surface area (Å²) in [5, 5.41) is 3.61. The van der Waals surface area contributed by atoms with Crippen molar-refractivity contribution in [3.8, 4) is 0 Å². The molecule has 2 aliphatic heterocycles. The van der Waals surface area contributed by atoms with E-state index >= 15 is 0 Å². The highest BCUT2D eigenvalue weighted by Crippen LogP contribution is 2.20. The molecule has 2 aromatic heterocycles. The quantitative estimate of drug-likeness (QED) is 0.187. The van der Waals surface area contributed by atoms with Crippen LogP contribution in [-0.4, -0.2) is 96.8 Å². The molecule has 260 valence electrons. The van der Waals surface area contributed by atoms with E-state index in [0.29, 0.717) is 5.82 Å². The Bertz CT molecular complexity index is 1370. The van der Waals surface area contributed by atoms with E-state index in [1.54, 1.807) is 6.07 Å². The molecule has 0 bridgehead atoms. The molecule has 0 radical (unpaired) electrons. The highest BCUT2D eigenvalue weighted by Gasteiger charge is 2.19. The molecule has 6 rings (SSSR count). The number of rotatable bonds is 6. The normalized spacial score (nSPS) is 14.1. The van der Waals surface area contributed by atoms with Crippen molar-refractivity contribution in [3.05, 3.63) is 77.9 Å². The topological polar surface area (TPSA) is 181 Å². The number of nitrogens with two attached hydrogens (primary N) is 4. The van der Waals surface area contributed by atoms with Crippen molar-refractivity contribution < 1.29 is 0 Å². The number of nitrogens with zero attached hydrogens (tertiary/aromatic N) is 8. The van der Waals surface area contributed by atoms with Gasteiger partial charge in [-0.2, -0.15) is 15.0 Å². The van der Waals surface area contributed by atoms with Crippen molar-refractivity contribution in [1.82, 2.24) is 30.2 Å². The van der Waals surface area contributed by atoms with Crippen molar-refractivity contribution in [2.75, 3.05) is 110 Å². The van der Waals surface area contributed by atoms with Gasteiger partial charge in [0.15, 0.2) is 0 Å². The summed E-state index contributed by atoms with van der Waals surface area (Å²) in [6, 6.07) is 24.2. The fourth-order valence-electron chi connectivity index (χ4n) is 5.15. The number of hydrogen-bond acceptors (Lipinski definition) is 13. The summed E-state index contributed by atoms with van der Waals surface area (Å²) in [4.78, 5) is 24.7. The van der Waals surface area contributed by atoms with E-state index in [1.807, 2.05) is 6.07 Å². The SMILES string of the molecule is CCN(CC)CC.Nc1cc(Cl)nc(N)n1.Nc1cc(N2CCN(c3ccccc3)CC2)nc(N)n1.c1ccc(N2CCNCC2)cc1. The van der Waals surface area contributed by atoms with Crippen LogP contribution in [-0.2, 0) is 0 Å². The van der Waals surface area contributed by atoms with Crippen LogP contribution in [0.5, 0.6) is 0 Å². The Hall–Kier alpha value is -4.59. The molecule has 0 amide bonds. The number of nitrogen functional groups attached to an aromatic ring is 4. The number of anilines is 7. The van der Waals surface area contributed by atoms with Gasteiger partial charge in [-0.15, -0.1) is 0 Å². The number of nitrogens with one attached hydrogen (secondary N) is 1. The van der Waals surface area contributed by atoms with Gasteiger partial charge in [-0.05, 0) is 43.9 Å². The smallest absolute Gasteiger partial charge is 0.223 e. The van der Waals surface area contributed by atoms with Gasteiger partial charge in [-0.3, -0.25) is 0 Å². The molecule has 48 heavy (non-hydrogen) atoms. The summed E-state index contributed by atoms with van der Waals surface area (Å²) in [5.41, 5.74) is 24.4. The number of para-hydroxylation sites is 2. The Morgan fingerprint density at radius 3 is 1.46 bits per heavy atom. The first-order chi connectivity index (χ1) is 23.2. The highest BCUT2D eigenvalue weighted by molar-refractivity contribution is 6.29. The maximum atomic E-state index is 5.72. The Kier molecular flexibility index (Phi) is 16.3. The molecule has 0 unspecified atom stereocenters. The molecule has 2 aromatic carbocycles. The van der Waals surface area contributed by atoms with E-state index in [2.05, 4.69) is 120 Å². The molecule has 0 spiro atoms. The van der Waals surface area contributed by atoms with Gasteiger partial charge in [-0.25, -0.2) is 4.98 Å². The number of aromatic nitrogens is 4. The van der Waals surface area contributed by atoms with Gasteiger partial charge in [0.25, 0.3) is 0 Å². The lowest BCUT2D eigenvalue weighted by molar-refractivity contribution is 0.321. The van der Waals surface area contributed by atoms with E-state index in [4.69, 9.17) is 34.5 Å². The second-order valence-corrected chi connectivity index (χ2v) is 11.4. The van der Waals surface area contributed by atoms with Gasteiger partial charge >= 0.3 is 0 Å². The lowest BCUT2D eigenvalue weighted by Gasteiger charge is -2.36. The molecule has 9 N–H and O–H groups in total. The van der Waals surface area contributed by atoms with E-state index in [1.165, 1.54) is 37.1 Å². The minimum atomic E-state index is 0.0972. The summed E-state index contributed by atoms with van der Waals surface area (Å²) in [5.74, 6) is 1.83. The summed E-state index contributed by atoms with van der Waals surface area (Å²) in [6.07, 6.45) is 0. The lowest BCUT2D eigenvalue weighted by Crippen LogP contribution is -2.46. The molecule has 2 fully saturated rings. The third kappa shape index (κ3) is 13.3. The minimum Gasteiger partial charge on any atom is -0.383 e. The predicted octanol–water partition coefficient (Wildman–Crippen LogP) is 3.71. The Balaban J connectivity index is 0.000000190. The first-order valence-electron chi connectivity index (χ1n) is 16.5. The van der Waals surface area contributed by atoms with Crippen molar-refractivity contribution in [2.24, 2.45) is 0 Å². The lowest BCUT2D eigenvalue weighted by atomic mass is 10.2. The largest absolute Gasteiger partial charge is 0.383 e. The second-order valence-electron chi connectivity index (χ2n) is 11.0. The fraction of sp³-hybridized carbons (Fsp3) is 0.412. The zero-order valence-corrected chi connectivity index (χ0v) is 29.2. The van der Waals surface area contributed by atoms with Crippen LogP contribution in [0.4, 0.5) is 40.7 Å². The second kappa shape index (κ2) is 20.6. The van der Waals surface area contributed by atoms with E-state index in [-0.39, 0.29) is 22.9 Å². The minimum absolute atomic E-state index is 0.0972. The van der Waals surface area contributed by atoms with Crippen LogP contribution in [0, 0.1) is 0 Å². The van der Waals surface area contributed by atoms with Crippen molar-refractivity contribution in [3.63, 3.8) is 0 Å². The van der Waals surface area contributed by atoms with Gasteiger partial charge in [0.2, 0.25) is 11.9 Å². The third-order valence-electron chi connectivity index (χ3n) is 7.79. The summed E-state index contributed by atoms with van der Waals surface area (Å²) < 4.78 is 0. The van der Waals surface area contributed by atoms with Crippen molar-refractivity contribution in [1.29, 1.82) is 0 Å². The molecular weight excluding hydrogens is 626 g/mol. The zero-order valence-electron chi connectivity index (χ0n) is 28.5. The number of halogens is 1. The van der Waals surface area contributed by atoms with Gasteiger partial charge < -0.3 is 47.9 Å². The summed E-state index contributed by atoms with van der Waals surface area (Å²) >= 11 is 5.44. The van der Waals surface area contributed by atoms with E-state index in [0.717, 1.165) is 58.2 Å². The molecule has 13 nitrogen and oxygen atoms in total. The number of piperazine rings is 2. The molecular formula is C34H52ClN13. The first kappa shape index (κ1) is 37.9. The maximum absolute atomic E-state index is 5.72. The molecule has 2 saturated heterocycles. The summed E-state index contributed by atoms with van der Waals surface area (Å²) in [7, 11) is 0. The Morgan fingerprint density at radius 2 is 1.04 bits per heavy atom. The van der Waals surface area contributed by atoms with Gasteiger partial charge in [0.05, 0.1) is 0 Å². The van der Waals surface area contributed by atoms with Gasteiger partial charge in [0.1, 0.15) is 22.6 Å². The average molecular weight is 678 g/mol. The highest BCUT2D eigenvalue weighted by atomic mass is 35.5. The third-order valence-corrected chi connectivity index (χ3v) is 7.98. The Morgan fingerprint density at radius 1 is 0.604 bits per heavy atom. The Labute approximate surface area is 290 Å². The predicted molar refractivity (Wildman–Crippen MR) is 203 cm³/mol. The number of benzene rings is 2. The number of hydrogen-bond donors (Lipinski definition) is 5. The maximum Gasteiger partial charge on any atom is 0.223 e. The molecule has 0 aliphatic carbocycles. The fourth-order valence-corrected chi connectivity index (χ4v) is 5.35. The summed E-state index contributed by atoms with van der Waals surface area (Å²) in [6.45, 7) is 18.3. The molecule has 0 saturated carbocycles. The van der Waals surface area contributed by atoms with Crippen LogP contribution >= 0.6 is 11.6 Å². The van der Waals surface area contributed by atoms with Crippen LogP contribution in [0.2, 0.25) is 5.15 Å². The van der Waals surface area contributed by atoms with E-state index < -0.39 is 0 Å². The molecule has 4 heterocycles. The molecule has 2 aliphatic rings. The van der Waals surface area contributed by atoms with Gasteiger partial charge in [0, 0.05) is 75.9 Å². The van der Waals surface area contributed by atoms with E-state index in [9.17, 15) is 0 Å². The zero-order chi connectivity index (χ0) is 34.7. The van der Waals surface area contributed by atoms with Crippen LogP contribution in [0.25, 0.3) is 0 Å². The first-order valence-corrected chi connectivity index (χ1v) is 16.8. The monoisotopic (exact) mass is 677 g/mol. The van der Waals surface area contributed by atoms with Crippen LogP contribution in [0.15, 0.2) is 72.8 Å². The standard InChI is InChI=1S/C14H18N6.C10H14N2.C6H15N.C4H5ClN4/c15-12-10-13(18-14(16)17-12)20-8-6-19(7-9-20)11-4-2-1-3-5-11;1-2-4-10(5-3-1)12-8-6-11-7-9-12;1-4-7(5-2)6-3;5-2-1-3(6)9-4(7)8-2/h1-5,10H,6-9H2,(H4,15,16,17,18);1-5,11H,6-9H2;4-6H2,1-3H3;1H,(H4,6,7,8,9). The van der Waals surface area contributed by atoms with Crippen LogP contribution in [0.3, 0.4) is 0 Å². The van der Waals surface area contributed by atoms with Crippen LogP contribution in [0.1, 0.15) is 20.8 Å². The van der Waals surface area contributed by atoms with Gasteiger partial charge in [-0.1, -0.05) is 68.8 Å². The van der Waals surface area contributed by atoms with Crippen molar-refractivity contribution in [2.45, 2.75) is 20.8 Å². The molecule has 0 atom stereocenters. The molecule has 14 heteroatoms.